The highest BCUT2D eigenvalue weighted by Crippen LogP contribution is 2.35. The number of ether oxygens (including phenoxy) is 1. The summed E-state index contributed by atoms with van der Waals surface area (Å²) in [6.07, 6.45) is 4.47. The number of hydrogen-bond acceptors (Lipinski definition) is 4. The van der Waals surface area contributed by atoms with Gasteiger partial charge in [0, 0.05) is 5.92 Å². The van der Waals surface area contributed by atoms with Crippen LogP contribution in [-0.4, -0.2) is 18.1 Å². The van der Waals surface area contributed by atoms with E-state index < -0.39 is 0 Å². The van der Waals surface area contributed by atoms with E-state index in [1.165, 1.54) is 6.42 Å². The maximum absolute atomic E-state index is 11.8. The molecule has 0 aromatic heterocycles. The number of esters is 1. The predicted molar refractivity (Wildman–Crippen MR) is 70.0 cm³/mol. The van der Waals surface area contributed by atoms with Crippen molar-refractivity contribution < 1.29 is 14.4 Å². The minimum Gasteiger partial charge on any atom is -0.461 e. The van der Waals surface area contributed by atoms with E-state index in [0.717, 1.165) is 24.8 Å². The largest absolute Gasteiger partial charge is 0.461 e. The van der Waals surface area contributed by atoms with Crippen LogP contribution in [0.25, 0.3) is 0 Å². The van der Waals surface area contributed by atoms with Gasteiger partial charge in [0.05, 0.1) is 6.61 Å². The van der Waals surface area contributed by atoms with Gasteiger partial charge in [0.1, 0.15) is 12.1 Å². The highest BCUT2D eigenvalue weighted by Gasteiger charge is 2.45. The fourth-order valence-corrected chi connectivity index (χ4v) is 2.97. The standard InChI is InChI=1S/C15H19NO3/c17-15-14(12-8-4-5-9-13(12)19-15)16-18-10-11-6-2-1-3-7-11/h1-3,6-7,12-14,16H,4-5,8-10H2/t12-,13+,14+/m0/s1. The number of nitrogens with one attached hydrogen (secondary N) is 1. The topological polar surface area (TPSA) is 47.6 Å². The maximum atomic E-state index is 11.8. The fourth-order valence-electron chi connectivity index (χ4n) is 2.97. The first-order valence-electron chi connectivity index (χ1n) is 6.96. The second kappa shape index (κ2) is 5.72. The summed E-state index contributed by atoms with van der Waals surface area (Å²) in [5.74, 6) is 0.113. The van der Waals surface area contributed by atoms with E-state index in [2.05, 4.69) is 5.48 Å². The van der Waals surface area contributed by atoms with Crippen molar-refractivity contribution >= 4 is 5.97 Å². The second-order valence-corrected chi connectivity index (χ2v) is 5.29. The highest BCUT2D eigenvalue weighted by molar-refractivity contribution is 5.78. The summed E-state index contributed by atoms with van der Waals surface area (Å²) < 4.78 is 5.40. The smallest absolute Gasteiger partial charge is 0.326 e. The van der Waals surface area contributed by atoms with Crippen molar-refractivity contribution in [3.8, 4) is 0 Å². The number of carbonyl (C=O) groups excluding carboxylic acids is 1. The summed E-state index contributed by atoms with van der Waals surface area (Å²) >= 11 is 0. The molecule has 1 N–H and O–H groups in total. The molecule has 1 aromatic rings. The Labute approximate surface area is 113 Å². The van der Waals surface area contributed by atoms with Gasteiger partial charge < -0.3 is 4.74 Å². The van der Waals surface area contributed by atoms with Crippen molar-refractivity contribution in [1.82, 2.24) is 5.48 Å². The molecular weight excluding hydrogens is 242 g/mol. The van der Waals surface area contributed by atoms with Crippen molar-refractivity contribution in [3.05, 3.63) is 35.9 Å². The molecule has 2 fully saturated rings. The lowest BCUT2D eigenvalue weighted by molar-refractivity contribution is -0.146. The molecule has 3 rings (SSSR count). The number of hydroxylamine groups is 1. The number of benzene rings is 1. The molecule has 1 saturated heterocycles. The normalized spacial score (nSPS) is 29.9. The highest BCUT2D eigenvalue weighted by atomic mass is 16.7. The summed E-state index contributed by atoms with van der Waals surface area (Å²) in [5.41, 5.74) is 3.99. The van der Waals surface area contributed by atoms with Gasteiger partial charge in [0.2, 0.25) is 0 Å². The molecule has 4 heteroatoms. The van der Waals surface area contributed by atoms with Crippen LogP contribution in [0.5, 0.6) is 0 Å². The zero-order chi connectivity index (χ0) is 13.1. The molecule has 0 radical (unpaired) electrons. The van der Waals surface area contributed by atoms with Gasteiger partial charge in [-0.05, 0) is 24.8 Å². The lowest BCUT2D eigenvalue weighted by Gasteiger charge is -2.25. The van der Waals surface area contributed by atoms with Gasteiger partial charge in [0.25, 0.3) is 0 Å². The summed E-state index contributed by atoms with van der Waals surface area (Å²) in [6.45, 7) is 0.460. The Bertz CT molecular complexity index is 434. The van der Waals surface area contributed by atoms with Crippen LogP contribution in [-0.2, 0) is 21.0 Å². The first-order chi connectivity index (χ1) is 9.34. The Kier molecular flexibility index (Phi) is 3.80. The first-order valence-corrected chi connectivity index (χ1v) is 6.96. The monoisotopic (exact) mass is 261 g/mol. The Balaban J connectivity index is 1.53. The summed E-state index contributed by atoms with van der Waals surface area (Å²) in [5, 5.41) is 0. The van der Waals surface area contributed by atoms with Crippen molar-refractivity contribution in [2.24, 2.45) is 5.92 Å². The second-order valence-electron chi connectivity index (χ2n) is 5.29. The van der Waals surface area contributed by atoms with Crippen molar-refractivity contribution in [1.29, 1.82) is 0 Å². The van der Waals surface area contributed by atoms with Gasteiger partial charge in [-0.1, -0.05) is 36.8 Å². The number of fused-ring (bicyclic) bond motifs is 1. The molecule has 1 heterocycles. The zero-order valence-electron chi connectivity index (χ0n) is 10.9. The van der Waals surface area contributed by atoms with E-state index in [9.17, 15) is 4.79 Å². The zero-order valence-corrected chi connectivity index (χ0v) is 10.9. The Hall–Kier alpha value is -1.39. The van der Waals surface area contributed by atoms with E-state index in [0.29, 0.717) is 6.61 Å². The predicted octanol–water partition coefficient (Wildman–Crippen LogP) is 2.19. The molecule has 4 nitrogen and oxygen atoms in total. The molecule has 1 aliphatic heterocycles. The summed E-state index contributed by atoms with van der Waals surface area (Å²) in [6, 6.07) is 9.61. The van der Waals surface area contributed by atoms with Crippen molar-refractivity contribution in [2.75, 3.05) is 0 Å². The maximum Gasteiger partial charge on any atom is 0.326 e. The van der Waals surface area contributed by atoms with Crippen LogP contribution in [0.3, 0.4) is 0 Å². The molecule has 19 heavy (non-hydrogen) atoms. The van der Waals surface area contributed by atoms with Gasteiger partial charge in [-0.2, -0.15) is 5.48 Å². The SMILES string of the molecule is O=C1O[C@@H]2CCCC[C@@H]2[C@H]1NOCc1ccccc1. The Morgan fingerprint density at radius 2 is 2.00 bits per heavy atom. The lowest BCUT2D eigenvalue weighted by Crippen LogP contribution is -2.40. The van der Waals surface area contributed by atoms with Gasteiger partial charge in [-0.15, -0.1) is 0 Å². The van der Waals surface area contributed by atoms with Crippen LogP contribution in [0.2, 0.25) is 0 Å². The molecule has 0 amide bonds. The van der Waals surface area contributed by atoms with Gasteiger partial charge >= 0.3 is 5.97 Å². The average molecular weight is 261 g/mol. The van der Waals surface area contributed by atoms with Crippen molar-refractivity contribution in [3.63, 3.8) is 0 Å². The van der Waals surface area contributed by atoms with Crippen LogP contribution in [0.4, 0.5) is 0 Å². The van der Waals surface area contributed by atoms with Crippen LogP contribution in [0.1, 0.15) is 31.2 Å². The lowest BCUT2D eigenvalue weighted by atomic mass is 9.84. The van der Waals surface area contributed by atoms with Crippen LogP contribution >= 0.6 is 0 Å². The van der Waals surface area contributed by atoms with Gasteiger partial charge in [0.15, 0.2) is 0 Å². The average Bonchev–Trinajstić information content (AvgIpc) is 2.76. The number of carbonyl (C=O) groups is 1. The molecule has 0 bridgehead atoms. The molecule has 1 saturated carbocycles. The van der Waals surface area contributed by atoms with E-state index in [1.54, 1.807) is 0 Å². The summed E-state index contributed by atoms with van der Waals surface area (Å²) in [4.78, 5) is 17.3. The molecule has 3 atom stereocenters. The molecule has 102 valence electrons. The third kappa shape index (κ3) is 2.80. The minimum atomic E-state index is -0.297. The molecule has 0 spiro atoms. The fraction of sp³-hybridized carbons (Fsp3) is 0.533. The quantitative estimate of drug-likeness (QED) is 0.666. The molecule has 0 unspecified atom stereocenters. The van der Waals surface area contributed by atoms with Gasteiger partial charge in [-0.3, -0.25) is 9.63 Å². The van der Waals surface area contributed by atoms with Crippen LogP contribution in [0, 0.1) is 5.92 Å². The van der Waals surface area contributed by atoms with Crippen LogP contribution < -0.4 is 5.48 Å². The molecule has 1 aromatic carbocycles. The Morgan fingerprint density at radius 1 is 1.21 bits per heavy atom. The number of hydrogen-bond donors (Lipinski definition) is 1. The first kappa shape index (κ1) is 12.6. The summed E-state index contributed by atoms with van der Waals surface area (Å²) in [7, 11) is 0. The van der Waals surface area contributed by atoms with E-state index in [-0.39, 0.29) is 24.0 Å². The Morgan fingerprint density at radius 3 is 2.84 bits per heavy atom. The van der Waals surface area contributed by atoms with E-state index in [4.69, 9.17) is 9.57 Å². The van der Waals surface area contributed by atoms with Gasteiger partial charge in [-0.25, -0.2) is 0 Å². The molecule has 2 aliphatic rings. The van der Waals surface area contributed by atoms with E-state index in [1.807, 2.05) is 30.3 Å². The molecule has 1 aliphatic carbocycles. The van der Waals surface area contributed by atoms with Crippen molar-refractivity contribution in [2.45, 2.75) is 44.4 Å². The third-order valence-corrected chi connectivity index (χ3v) is 4.00. The van der Waals surface area contributed by atoms with E-state index >= 15 is 0 Å². The third-order valence-electron chi connectivity index (χ3n) is 4.00. The minimum absolute atomic E-state index is 0.0964. The molecular formula is C15H19NO3. The number of rotatable bonds is 4. The van der Waals surface area contributed by atoms with Crippen LogP contribution in [0.15, 0.2) is 30.3 Å².